The molecule has 4 nitrogen and oxygen atoms in total. The lowest BCUT2D eigenvalue weighted by molar-refractivity contribution is 0.0739. The number of halogens is 1. The highest BCUT2D eigenvalue weighted by Crippen LogP contribution is 2.24. The van der Waals surface area contributed by atoms with Crippen molar-refractivity contribution in [3.8, 4) is 5.75 Å². The van der Waals surface area contributed by atoms with E-state index in [1.54, 1.807) is 24.3 Å². The molecule has 0 spiro atoms. The van der Waals surface area contributed by atoms with Gasteiger partial charge in [0.2, 0.25) is 0 Å². The monoisotopic (exact) mass is 269 g/mol. The van der Waals surface area contributed by atoms with Gasteiger partial charge in [-0.3, -0.25) is 4.79 Å². The van der Waals surface area contributed by atoms with E-state index in [-0.39, 0.29) is 19.1 Å². The maximum Gasteiger partial charge on any atom is 0.257 e. The van der Waals surface area contributed by atoms with Crippen molar-refractivity contribution >= 4 is 17.5 Å². The van der Waals surface area contributed by atoms with Gasteiger partial charge in [-0.25, -0.2) is 0 Å². The SMILES string of the molecule is C=CCN(CCO)C(=O)c1ccc(Cl)cc1OC. The lowest BCUT2D eigenvalue weighted by atomic mass is 10.1. The van der Waals surface area contributed by atoms with Gasteiger partial charge in [0.15, 0.2) is 0 Å². The van der Waals surface area contributed by atoms with E-state index in [0.717, 1.165) is 0 Å². The lowest BCUT2D eigenvalue weighted by Crippen LogP contribution is -2.33. The Balaban J connectivity index is 3.03. The van der Waals surface area contributed by atoms with Gasteiger partial charge in [0, 0.05) is 18.1 Å². The zero-order valence-electron chi connectivity index (χ0n) is 10.2. The summed E-state index contributed by atoms with van der Waals surface area (Å²) in [5, 5.41) is 9.45. The summed E-state index contributed by atoms with van der Waals surface area (Å²) in [7, 11) is 1.48. The Hall–Kier alpha value is -1.52. The highest BCUT2D eigenvalue weighted by atomic mass is 35.5. The molecule has 0 aromatic heterocycles. The van der Waals surface area contributed by atoms with Crippen LogP contribution in [0.4, 0.5) is 0 Å². The summed E-state index contributed by atoms with van der Waals surface area (Å²) >= 11 is 5.84. The quantitative estimate of drug-likeness (QED) is 0.804. The van der Waals surface area contributed by atoms with Crippen molar-refractivity contribution in [3.05, 3.63) is 41.4 Å². The fourth-order valence-electron chi connectivity index (χ4n) is 1.56. The molecule has 18 heavy (non-hydrogen) atoms. The lowest BCUT2D eigenvalue weighted by Gasteiger charge is -2.21. The number of aliphatic hydroxyl groups is 1. The second kappa shape index (κ2) is 7.03. The van der Waals surface area contributed by atoms with Gasteiger partial charge in [-0.15, -0.1) is 6.58 Å². The van der Waals surface area contributed by atoms with Crippen molar-refractivity contribution in [3.63, 3.8) is 0 Å². The van der Waals surface area contributed by atoms with Crippen molar-refractivity contribution in [2.75, 3.05) is 26.8 Å². The van der Waals surface area contributed by atoms with E-state index in [1.165, 1.54) is 12.0 Å². The second-order valence-corrected chi connectivity index (χ2v) is 4.04. The van der Waals surface area contributed by atoms with Gasteiger partial charge in [-0.2, -0.15) is 0 Å². The van der Waals surface area contributed by atoms with Crippen molar-refractivity contribution in [1.29, 1.82) is 0 Å². The average Bonchev–Trinajstić information content (AvgIpc) is 2.37. The van der Waals surface area contributed by atoms with Crippen LogP contribution in [0.1, 0.15) is 10.4 Å². The maximum absolute atomic E-state index is 12.3. The minimum Gasteiger partial charge on any atom is -0.496 e. The summed E-state index contributed by atoms with van der Waals surface area (Å²) in [6, 6.07) is 4.82. The predicted octanol–water partition coefficient (Wildman–Crippen LogP) is 1.97. The predicted molar refractivity (Wildman–Crippen MR) is 71.2 cm³/mol. The summed E-state index contributed by atoms with van der Waals surface area (Å²) in [5.41, 5.74) is 0.414. The maximum atomic E-state index is 12.3. The van der Waals surface area contributed by atoms with Crippen LogP contribution in [0.25, 0.3) is 0 Å². The Morgan fingerprint density at radius 3 is 2.89 bits per heavy atom. The topological polar surface area (TPSA) is 49.8 Å². The van der Waals surface area contributed by atoms with Crippen LogP contribution in [0.3, 0.4) is 0 Å². The first-order valence-corrected chi connectivity index (χ1v) is 5.86. The largest absolute Gasteiger partial charge is 0.496 e. The van der Waals surface area contributed by atoms with Crippen molar-refractivity contribution in [1.82, 2.24) is 4.90 Å². The number of carbonyl (C=O) groups is 1. The fourth-order valence-corrected chi connectivity index (χ4v) is 1.73. The first-order valence-electron chi connectivity index (χ1n) is 5.48. The van der Waals surface area contributed by atoms with Gasteiger partial charge in [-0.1, -0.05) is 17.7 Å². The van der Waals surface area contributed by atoms with Crippen molar-refractivity contribution in [2.24, 2.45) is 0 Å². The van der Waals surface area contributed by atoms with Gasteiger partial charge in [-0.05, 0) is 18.2 Å². The van der Waals surface area contributed by atoms with Crippen molar-refractivity contribution < 1.29 is 14.6 Å². The van der Waals surface area contributed by atoms with Gasteiger partial charge in [0.25, 0.3) is 5.91 Å². The Kier molecular flexibility index (Phi) is 5.68. The number of hydrogen-bond acceptors (Lipinski definition) is 3. The summed E-state index contributed by atoms with van der Waals surface area (Å²) in [6.45, 7) is 4.10. The van der Waals surface area contributed by atoms with Crippen LogP contribution in [0.15, 0.2) is 30.9 Å². The molecule has 98 valence electrons. The van der Waals surface area contributed by atoms with Crippen LogP contribution < -0.4 is 4.74 Å². The van der Waals surface area contributed by atoms with Crippen LogP contribution in [0.2, 0.25) is 5.02 Å². The van der Waals surface area contributed by atoms with Gasteiger partial charge in [0.05, 0.1) is 19.3 Å². The van der Waals surface area contributed by atoms with Crippen molar-refractivity contribution in [2.45, 2.75) is 0 Å². The average molecular weight is 270 g/mol. The first-order chi connectivity index (χ1) is 8.63. The van der Waals surface area contributed by atoms with Gasteiger partial charge >= 0.3 is 0 Å². The number of methoxy groups -OCH3 is 1. The molecule has 1 aromatic carbocycles. The fraction of sp³-hybridized carbons (Fsp3) is 0.308. The number of rotatable bonds is 6. The Bertz CT molecular complexity index is 434. The number of aliphatic hydroxyl groups excluding tert-OH is 1. The number of benzene rings is 1. The van der Waals surface area contributed by atoms with Gasteiger partial charge < -0.3 is 14.7 Å². The summed E-state index contributed by atoms with van der Waals surface area (Å²) < 4.78 is 5.13. The van der Waals surface area contributed by atoms with E-state index in [0.29, 0.717) is 22.9 Å². The molecule has 0 saturated heterocycles. The number of hydrogen-bond donors (Lipinski definition) is 1. The normalized spacial score (nSPS) is 9.94. The Labute approximate surface area is 111 Å². The summed E-state index contributed by atoms with van der Waals surface area (Å²) in [5.74, 6) is 0.192. The highest BCUT2D eigenvalue weighted by Gasteiger charge is 2.18. The summed E-state index contributed by atoms with van der Waals surface area (Å²) in [4.78, 5) is 13.7. The van der Waals surface area contributed by atoms with Crippen LogP contribution in [0, 0.1) is 0 Å². The van der Waals surface area contributed by atoms with Crippen LogP contribution in [-0.2, 0) is 0 Å². The highest BCUT2D eigenvalue weighted by molar-refractivity contribution is 6.30. The molecule has 5 heteroatoms. The Morgan fingerprint density at radius 2 is 2.33 bits per heavy atom. The molecule has 0 radical (unpaired) electrons. The standard InChI is InChI=1S/C13H16ClNO3/c1-3-6-15(7-8-16)13(17)11-5-4-10(14)9-12(11)18-2/h3-5,9,16H,1,6-8H2,2H3. The molecular weight excluding hydrogens is 254 g/mol. The number of ether oxygens (including phenoxy) is 1. The van der Waals surface area contributed by atoms with E-state index in [9.17, 15) is 4.79 Å². The molecule has 0 atom stereocenters. The zero-order chi connectivity index (χ0) is 13.5. The molecular formula is C13H16ClNO3. The number of amides is 1. The van der Waals surface area contributed by atoms with E-state index >= 15 is 0 Å². The second-order valence-electron chi connectivity index (χ2n) is 3.61. The summed E-state index contributed by atoms with van der Waals surface area (Å²) in [6.07, 6.45) is 1.61. The molecule has 0 fully saturated rings. The molecule has 0 aliphatic rings. The zero-order valence-corrected chi connectivity index (χ0v) is 11.0. The third-order valence-corrected chi connectivity index (χ3v) is 2.64. The van der Waals surface area contributed by atoms with Crippen LogP contribution in [0.5, 0.6) is 5.75 Å². The first kappa shape index (κ1) is 14.5. The van der Waals surface area contributed by atoms with E-state index in [2.05, 4.69) is 6.58 Å². The molecule has 0 heterocycles. The smallest absolute Gasteiger partial charge is 0.257 e. The van der Waals surface area contributed by atoms with E-state index in [1.807, 2.05) is 0 Å². The van der Waals surface area contributed by atoms with E-state index in [4.69, 9.17) is 21.4 Å². The molecule has 1 aromatic rings. The third kappa shape index (κ3) is 3.48. The minimum atomic E-state index is -0.225. The molecule has 1 amide bonds. The molecule has 0 aliphatic carbocycles. The van der Waals surface area contributed by atoms with Crippen LogP contribution >= 0.6 is 11.6 Å². The minimum absolute atomic E-state index is 0.102. The molecule has 0 bridgehead atoms. The number of carbonyl (C=O) groups excluding carboxylic acids is 1. The van der Waals surface area contributed by atoms with Crippen LogP contribution in [-0.4, -0.2) is 42.7 Å². The molecule has 0 unspecified atom stereocenters. The molecule has 1 rings (SSSR count). The molecule has 1 N–H and O–H groups in total. The van der Waals surface area contributed by atoms with Gasteiger partial charge in [0.1, 0.15) is 5.75 Å². The number of nitrogens with zero attached hydrogens (tertiary/aromatic N) is 1. The van der Waals surface area contributed by atoms with E-state index < -0.39 is 0 Å². The Morgan fingerprint density at radius 1 is 1.61 bits per heavy atom. The molecule has 0 saturated carbocycles. The third-order valence-electron chi connectivity index (χ3n) is 2.40. The molecule has 0 aliphatic heterocycles.